The van der Waals surface area contributed by atoms with Crippen LogP contribution < -0.4 is 11.4 Å². The topological polar surface area (TPSA) is 64.3 Å². The summed E-state index contributed by atoms with van der Waals surface area (Å²) in [6.07, 6.45) is 0. The van der Waals surface area contributed by atoms with E-state index in [0.717, 1.165) is 11.3 Å². The number of hydrogen-bond acceptors (Lipinski definition) is 5. The molecule has 0 unspecified atom stereocenters. The molecule has 0 atom stereocenters. The van der Waals surface area contributed by atoms with E-state index >= 15 is 0 Å². The molecule has 13 heavy (non-hydrogen) atoms. The van der Waals surface area contributed by atoms with Crippen LogP contribution in [0.1, 0.15) is 9.67 Å². The summed E-state index contributed by atoms with van der Waals surface area (Å²) in [6, 6.07) is 0. The van der Waals surface area contributed by atoms with Crippen LogP contribution in [0.25, 0.3) is 0 Å². The Labute approximate surface area is 92.4 Å². The molecule has 0 radical (unpaired) electrons. The fourth-order valence-electron chi connectivity index (χ4n) is 0.596. The van der Waals surface area contributed by atoms with E-state index < -0.39 is 5.97 Å². The van der Waals surface area contributed by atoms with E-state index in [0.29, 0.717) is 0 Å². The van der Waals surface area contributed by atoms with Gasteiger partial charge in [-0.2, -0.15) is 0 Å². The first-order valence-corrected chi connectivity index (χ1v) is 4.83. The van der Waals surface area contributed by atoms with Gasteiger partial charge in [0.25, 0.3) is 0 Å². The highest BCUT2D eigenvalue weighted by atomic mass is 35.5. The number of rotatable bonds is 2. The van der Waals surface area contributed by atoms with Crippen LogP contribution in [0.2, 0.25) is 14.4 Å². The van der Waals surface area contributed by atoms with Gasteiger partial charge in [-0.15, -0.1) is 11.3 Å². The molecule has 0 bridgehead atoms. The highest BCUT2D eigenvalue weighted by molar-refractivity contribution is 7.19. The van der Waals surface area contributed by atoms with Crippen LogP contribution in [0.15, 0.2) is 0 Å². The van der Waals surface area contributed by atoms with E-state index in [1.807, 2.05) is 0 Å². The van der Waals surface area contributed by atoms with Gasteiger partial charge in [-0.3, -0.25) is 0 Å². The highest BCUT2D eigenvalue weighted by Gasteiger charge is 2.20. The van der Waals surface area contributed by atoms with Crippen molar-refractivity contribution in [2.24, 2.45) is 5.84 Å². The van der Waals surface area contributed by atoms with Gasteiger partial charge in [-0.25, -0.2) is 10.6 Å². The quantitative estimate of drug-likeness (QED) is 0.633. The number of carbonyl (C=O) groups excluding carboxylic acids is 1. The van der Waals surface area contributed by atoms with Crippen LogP contribution in [0.4, 0.5) is 0 Å². The Morgan fingerprint density at radius 2 is 2.00 bits per heavy atom. The van der Waals surface area contributed by atoms with Crippen LogP contribution in [-0.4, -0.2) is 5.97 Å². The fraction of sp³-hybridized carbons (Fsp3) is 0. The maximum Gasteiger partial charge on any atom is 0.369 e. The number of hydrogen-bond donors (Lipinski definition) is 2. The molecule has 0 amide bonds. The van der Waals surface area contributed by atoms with E-state index in [1.54, 1.807) is 5.59 Å². The summed E-state index contributed by atoms with van der Waals surface area (Å²) in [6.45, 7) is 0. The molecule has 0 aliphatic rings. The predicted molar refractivity (Wildman–Crippen MR) is 52.1 cm³/mol. The molecule has 0 aromatic carbocycles. The van der Waals surface area contributed by atoms with Crippen molar-refractivity contribution in [2.45, 2.75) is 0 Å². The Kier molecular flexibility index (Phi) is 3.78. The van der Waals surface area contributed by atoms with E-state index in [-0.39, 0.29) is 19.3 Å². The van der Waals surface area contributed by atoms with Crippen LogP contribution in [0.5, 0.6) is 0 Å². The third kappa shape index (κ3) is 2.25. The summed E-state index contributed by atoms with van der Waals surface area (Å²) >= 11 is 17.8. The molecule has 8 heteroatoms. The number of halogens is 3. The number of nitrogens with one attached hydrogen (secondary N) is 1. The molecule has 0 saturated carbocycles. The number of carbonyl (C=O) groups is 1. The molecule has 1 aromatic rings. The van der Waals surface area contributed by atoms with Crippen LogP contribution in [0, 0.1) is 0 Å². The monoisotopic (exact) mass is 260 g/mol. The Morgan fingerprint density at radius 3 is 2.38 bits per heavy atom. The van der Waals surface area contributed by atoms with Crippen molar-refractivity contribution < 1.29 is 9.63 Å². The second kappa shape index (κ2) is 4.45. The van der Waals surface area contributed by atoms with E-state index in [1.165, 1.54) is 0 Å². The Hall–Kier alpha value is -0.0400. The number of hydrazine groups is 1. The van der Waals surface area contributed by atoms with E-state index in [9.17, 15) is 4.79 Å². The SMILES string of the molecule is NNOC(=O)c1sc(Cl)c(Cl)c1Cl. The molecule has 4 nitrogen and oxygen atoms in total. The lowest BCUT2D eigenvalue weighted by molar-refractivity contribution is 0.0260. The van der Waals surface area contributed by atoms with Gasteiger partial charge < -0.3 is 4.84 Å². The highest BCUT2D eigenvalue weighted by Crippen LogP contribution is 2.40. The lowest BCUT2D eigenvalue weighted by atomic mass is 10.5. The zero-order valence-electron chi connectivity index (χ0n) is 5.94. The molecule has 0 fully saturated rings. The molecule has 0 aliphatic heterocycles. The van der Waals surface area contributed by atoms with Gasteiger partial charge in [0.1, 0.15) is 9.21 Å². The van der Waals surface area contributed by atoms with Crippen molar-refractivity contribution in [2.75, 3.05) is 0 Å². The summed E-state index contributed by atoms with van der Waals surface area (Å²) < 4.78 is 0.232. The number of thiophene rings is 1. The number of nitrogens with two attached hydrogens (primary N) is 1. The molecular weight excluding hydrogens is 258 g/mol. The Balaban J connectivity index is 3.01. The zero-order chi connectivity index (χ0) is 10.0. The largest absolute Gasteiger partial charge is 0.369 e. The van der Waals surface area contributed by atoms with Gasteiger partial charge >= 0.3 is 5.97 Å². The lowest BCUT2D eigenvalue weighted by Crippen LogP contribution is -2.25. The smallest absolute Gasteiger partial charge is 0.351 e. The van der Waals surface area contributed by atoms with Gasteiger partial charge in [0, 0.05) is 0 Å². The zero-order valence-corrected chi connectivity index (χ0v) is 9.02. The van der Waals surface area contributed by atoms with Crippen LogP contribution in [0.3, 0.4) is 0 Å². The van der Waals surface area contributed by atoms with Crippen molar-refractivity contribution in [3.63, 3.8) is 0 Å². The predicted octanol–water partition coefficient (Wildman–Crippen LogP) is 2.24. The first kappa shape index (κ1) is 11.0. The van der Waals surface area contributed by atoms with Crippen molar-refractivity contribution in [1.82, 2.24) is 5.59 Å². The minimum atomic E-state index is -0.730. The molecule has 0 aliphatic carbocycles. The fourth-order valence-corrected chi connectivity index (χ4v) is 2.27. The minimum absolute atomic E-state index is 0.0666. The molecule has 1 aromatic heterocycles. The second-order valence-corrected chi connectivity index (χ2v) is 4.22. The first-order valence-electron chi connectivity index (χ1n) is 2.88. The average molecular weight is 262 g/mol. The third-order valence-corrected chi connectivity index (χ3v) is 3.65. The van der Waals surface area contributed by atoms with Crippen LogP contribution in [-0.2, 0) is 4.84 Å². The van der Waals surface area contributed by atoms with Crippen molar-refractivity contribution in [3.05, 3.63) is 19.3 Å². The molecule has 0 spiro atoms. The lowest BCUT2D eigenvalue weighted by Gasteiger charge is -1.97. The van der Waals surface area contributed by atoms with Crippen molar-refractivity contribution in [1.29, 1.82) is 0 Å². The first-order chi connectivity index (χ1) is 6.07. The van der Waals surface area contributed by atoms with Gasteiger partial charge in [0.15, 0.2) is 0 Å². The normalized spacial score (nSPS) is 10.2. The minimum Gasteiger partial charge on any atom is -0.351 e. The van der Waals surface area contributed by atoms with Gasteiger partial charge in [0.2, 0.25) is 0 Å². The molecule has 3 N–H and O–H groups in total. The average Bonchev–Trinajstić information content (AvgIpc) is 2.33. The van der Waals surface area contributed by atoms with Crippen molar-refractivity contribution in [3.8, 4) is 0 Å². The van der Waals surface area contributed by atoms with E-state index in [4.69, 9.17) is 40.6 Å². The van der Waals surface area contributed by atoms with Gasteiger partial charge in [0.05, 0.1) is 10.0 Å². The maximum atomic E-state index is 11.1. The molecular formula is C5H3Cl3N2O2S. The van der Waals surface area contributed by atoms with Crippen LogP contribution >= 0.6 is 46.1 Å². The molecule has 1 rings (SSSR count). The molecule has 72 valence electrons. The Morgan fingerprint density at radius 1 is 1.38 bits per heavy atom. The third-order valence-electron chi connectivity index (χ3n) is 1.09. The summed E-state index contributed by atoms with van der Waals surface area (Å²) in [5.41, 5.74) is 1.73. The Bertz CT molecular complexity index is 341. The summed E-state index contributed by atoms with van der Waals surface area (Å²) in [5, 5.41) is 0.203. The van der Waals surface area contributed by atoms with Gasteiger partial charge in [-0.05, 0) is 0 Å². The van der Waals surface area contributed by atoms with Crippen molar-refractivity contribution >= 4 is 52.1 Å². The van der Waals surface area contributed by atoms with E-state index in [2.05, 4.69) is 4.84 Å². The maximum absolute atomic E-state index is 11.1. The van der Waals surface area contributed by atoms with Gasteiger partial charge in [-0.1, -0.05) is 40.4 Å². The molecule has 1 heterocycles. The molecule has 0 saturated heterocycles. The summed E-state index contributed by atoms with van der Waals surface area (Å²) in [4.78, 5) is 15.5. The summed E-state index contributed by atoms with van der Waals surface area (Å²) in [5.74, 6) is 4.03. The standard InChI is InChI=1S/C5H3Cl3N2O2S/c6-1-2(7)4(8)13-3(1)5(11)12-10-9/h10H,9H2. The second-order valence-electron chi connectivity index (χ2n) is 1.84. The summed E-state index contributed by atoms with van der Waals surface area (Å²) in [7, 11) is 0.